The van der Waals surface area contributed by atoms with Crippen molar-refractivity contribution in [3.05, 3.63) is 63.6 Å². The van der Waals surface area contributed by atoms with Gasteiger partial charge in [0.1, 0.15) is 0 Å². The predicted molar refractivity (Wildman–Crippen MR) is 76.8 cm³/mol. The van der Waals surface area contributed by atoms with Gasteiger partial charge >= 0.3 is 0 Å². The summed E-state index contributed by atoms with van der Waals surface area (Å²) >= 11 is 9.38. The third-order valence-corrected chi connectivity index (χ3v) is 3.02. The van der Waals surface area contributed by atoms with Crippen LogP contribution in [0.4, 0.5) is 5.69 Å². The molecule has 0 heterocycles. The van der Waals surface area contributed by atoms with Gasteiger partial charge in [0.25, 0.3) is 0 Å². The zero-order valence-electron chi connectivity index (χ0n) is 8.90. The highest BCUT2D eigenvalue weighted by molar-refractivity contribution is 9.10. The van der Waals surface area contributed by atoms with Crippen LogP contribution in [0.25, 0.3) is 0 Å². The van der Waals surface area contributed by atoms with E-state index in [1.54, 1.807) is 6.21 Å². The highest BCUT2D eigenvalue weighted by atomic mass is 79.9. The summed E-state index contributed by atoms with van der Waals surface area (Å²) in [6.45, 7) is 0. The molecule has 0 aromatic heterocycles. The number of hydrogen-bond acceptors (Lipinski definition) is 2. The number of halogens is 2. The first kappa shape index (κ1) is 12.1. The SMILES string of the molecule is Clc1ccccc1/C=N/Nc1ccc(Br)cc1. The van der Waals surface area contributed by atoms with E-state index in [9.17, 15) is 0 Å². The summed E-state index contributed by atoms with van der Waals surface area (Å²) in [5.41, 5.74) is 4.75. The lowest BCUT2D eigenvalue weighted by atomic mass is 10.2. The van der Waals surface area contributed by atoms with Crippen LogP contribution in [-0.2, 0) is 0 Å². The summed E-state index contributed by atoms with van der Waals surface area (Å²) < 4.78 is 1.04. The number of nitrogens with one attached hydrogen (secondary N) is 1. The molecule has 0 saturated carbocycles. The van der Waals surface area contributed by atoms with E-state index in [4.69, 9.17) is 11.6 Å². The van der Waals surface area contributed by atoms with Gasteiger partial charge in [-0.25, -0.2) is 0 Å². The van der Waals surface area contributed by atoms with E-state index in [2.05, 4.69) is 26.5 Å². The van der Waals surface area contributed by atoms with Crippen LogP contribution in [0.5, 0.6) is 0 Å². The van der Waals surface area contributed by atoms with Crippen LogP contribution in [-0.4, -0.2) is 6.21 Å². The molecule has 17 heavy (non-hydrogen) atoms. The Kier molecular flexibility index (Phi) is 4.18. The maximum Gasteiger partial charge on any atom is 0.0562 e. The molecule has 0 atom stereocenters. The van der Waals surface area contributed by atoms with E-state index in [1.807, 2.05) is 48.5 Å². The Hall–Kier alpha value is -1.32. The second-order valence-corrected chi connectivity index (χ2v) is 4.72. The average molecular weight is 310 g/mol. The molecule has 0 unspecified atom stereocenters. The quantitative estimate of drug-likeness (QED) is 0.653. The van der Waals surface area contributed by atoms with E-state index in [1.165, 1.54) is 0 Å². The first-order valence-electron chi connectivity index (χ1n) is 5.05. The molecule has 0 aliphatic rings. The minimum atomic E-state index is 0.689. The molecule has 1 N–H and O–H groups in total. The molecule has 2 nitrogen and oxygen atoms in total. The summed E-state index contributed by atoms with van der Waals surface area (Å²) in [6, 6.07) is 15.3. The molecule has 0 fully saturated rings. The Bertz CT molecular complexity index is 523. The van der Waals surface area contributed by atoms with E-state index >= 15 is 0 Å². The van der Waals surface area contributed by atoms with E-state index in [0.29, 0.717) is 5.02 Å². The van der Waals surface area contributed by atoms with Crippen LogP contribution in [0.3, 0.4) is 0 Å². The van der Waals surface area contributed by atoms with E-state index in [-0.39, 0.29) is 0 Å². The molecule has 0 aliphatic heterocycles. The summed E-state index contributed by atoms with van der Waals surface area (Å²) in [5.74, 6) is 0. The number of hydrogen-bond donors (Lipinski definition) is 1. The lowest BCUT2D eigenvalue weighted by Crippen LogP contribution is -1.90. The first-order valence-corrected chi connectivity index (χ1v) is 6.22. The second-order valence-electron chi connectivity index (χ2n) is 3.40. The third kappa shape index (κ3) is 3.58. The lowest BCUT2D eigenvalue weighted by molar-refractivity contribution is 1.35. The van der Waals surface area contributed by atoms with Crippen molar-refractivity contribution in [2.45, 2.75) is 0 Å². The minimum absolute atomic E-state index is 0.689. The fourth-order valence-electron chi connectivity index (χ4n) is 1.28. The Morgan fingerprint density at radius 3 is 2.47 bits per heavy atom. The number of anilines is 1. The monoisotopic (exact) mass is 308 g/mol. The van der Waals surface area contributed by atoms with Gasteiger partial charge in [0.2, 0.25) is 0 Å². The van der Waals surface area contributed by atoms with E-state index in [0.717, 1.165) is 15.7 Å². The van der Waals surface area contributed by atoms with Crippen molar-refractivity contribution in [2.75, 3.05) is 5.43 Å². The van der Waals surface area contributed by atoms with Crippen molar-refractivity contribution >= 4 is 39.4 Å². The second kappa shape index (κ2) is 5.84. The van der Waals surface area contributed by atoms with Gasteiger partial charge < -0.3 is 0 Å². The van der Waals surface area contributed by atoms with Gasteiger partial charge in [-0.15, -0.1) is 0 Å². The van der Waals surface area contributed by atoms with Gasteiger partial charge in [-0.2, -0.15) is 5.10 Å². The Balaban J connectivity index is 2.03. The summed E-state index contributed by atoms with van der Waals surface area (Å²) in [6.07, 6.45) is 1.70. The van der Waals surface area contributed by atoms with Gasteiger partial charge in [0.05, 0.1) is 11.9 Å². The van der Waals surface area contributed by atoms with Gasteiger partial charge in [-0.1, -0.05) is 45.7 Å². The number of nitrogens with zero attached hydrogens (tertiary/aromatic N) is 1. The largest absolute Gasteiger partial charge is 0.279 e. The molecule has 0 saturated heterocycles. The molecular formula is C13H10BrClN2. The molecular weight excluding hydrogens is 300 g/mol. The zero-order valence-corrected chi connectivity index (χ0v) is 11.2. The zero-order chi connectivity index (χ0) is 12.1. The number of rotatable bonds is 3. The Morgan fingerprint density at radius 1 is 1.06 bits per heavy atom. The number of benzene rings is 2. The molecule has 2 rings (SSSR count). The smallest absolute Gasteiger partial charge is 0.0562 e. The van der Waals surface area contributed by atoms with Crippen molar-refractivity contribution in [3.63, 3.8) is 0 Å². The molecule has 86 valence electrons. The normalized spacial score (nSPS) is 10.7. The Labute approximate surface area is 113 Å². The van der Waals surface area contributed by atoms with Crippen LogP contribution < -0.4 is 5.43 Å². The molecule has 0 spiro atoms. The topological polar surface area (TPSA) is 24.4 Å². The molecule has 2 aromatic carbocycles. The summed E-state index contributed by atoms with van der Waals surface area (Å²) in [5, 5.41) is 4.82. The summed E-state index contributed by atoms with van der Waals surface area (Å²) in [4.78, 5) is 0. The van der Waals surface area contributed by atoms with Crippen molar-refractivity contribution in [3.8, 4) is 0 Å². The predicted octanol–water partition coefficient (Wildman–Crippen LogP) is 4.55. The highest BCUT2D eigenvalue weighted by Crippen LogP contribution is 2.15. The first-order chi connectivity index (χ1) is 8.25. The molecule has 0 aliphatic carbocycles. The lowest BCUT2D eigenvalue weighted by Gasteiger charge is -2.00. The standard InChI is InChI=1S/C13H10BrClN2/c14-11-5-7-12(8-6-11)17-16-9-10-3-1-2-4-13(10)15/h1-9,17H/b16-9+. The van der Waals surface area contributed by atoms with Crippen LogP contribution in [0.1, 0.15) is 5.56 Å². The van der Waals surface area contributed by atoms with Crippen LogP contribution in [0.2, 0.25) is 5.02 Å². The minimum Gasteiger partial charge on any atom is -0.279 e. The van der Waals surface area contributed by atoms with Crippen LogP contribution >= 0.6 is 27.5 Å². The van der Waals surface area contributed by atoms with E-state index < -0.39 is 0 Å². The van der Waals surface area contributed by atoms with Gasteiger partial charge in [0.15, 0.2) is 0 Å². The maximum absolute atomic E-state index is 6.00. The fraction of sp³-hybridized carbons (Fsp3) is 0. The third-order valence-electron chi connectivity index (χ3n) is 2.15. The van der Waals surface area contributed by atoms with Crippen molar-refractivity contribution < 1.29 is 0 Å². The van der Waals surface area contributed by atoms with Crippen molar-refractivity contribution in [1.82, 2.24) is 0 Å². The highest BCUT2D eigenvalue weighted by Gasteiger charge is 1.94. The maximum atomic E-state index is 6.00. The van der Waals surface area contributed by atoms with Crippen molar-refractivity contribution in [1.29, 1.82) is 0 Å². The Morgan fingerprint density at radius 2 is 1.76 bits per heavy atom. The van der Waals surface area contributed by atoms with Crippen LogP contribution in [0, 0.1) is 0 Å². The molecule has 2 aromatic rings. The molecule has 0 amide bonds. The number of hydrazone groups is 1. The van der Waals surface area contributed by atoms with Gasteiger partial charge in [0, 0.05) is 15.1 Å². The van der Waals surface area contributed by atoms with Crippen LogP contribution in [0.15, 0.2) is 58.1 Å². The average Bonchev–Trinajstić information content (AvgIpc) is 2.34. The molecule has 4 heteroatoms. The fourth-order valence-corrected chi connectivity index (χ4v) is 1.73. The van der Waals surface area contributed by atoms with Gasteiger partial charge in [-0.3, -0.25) is 5.43 Å². The molecule has 0 bridgehead atoms. The van der Waals surface area contributed by atoms with Crippen molar-refractivity contribution in [2.24, 2.45) is 5.10 Å². The van der Waals surface area contributed by atoms with Gasteiger partial charge in [-0.05, 0) is 30.3 Å². The summed E-state index contributed by atoms with van der Waals surface area (Å²) in [7, 11) is 0. The molecule has 0 radical (unpaired) electrons.